The van der Waals surface area contributed by atoms with E-state index in [1.165, 1.54) is 59.5 Å². The molecule has 0 unspecified atom stereocenters. The molecule has 39 heavy (non-hydrogen) atoms. The van der Waals surface area contributed by atoms with Gasteiger partial charge in [-0.15, -0.1) is 0 Å². The van der Waals surface area contributed by atoms with Crippen molar-refractivity contribution in [3.05, 3.63) is 94.2 Å². The number of nitrogens with one attached hydrogen (secondary N) is 1. The molecule has 0 saturated heterocycles. The van der Waals surface area contributed by atoms with E-state index in [4.69, 9.17) is 23.2 Å². The number of halogens is 3. The normalized spacial score (nSPS) is 12.0. The molecule has 7 nitrogen and oxygen atoms in total. The first kappa shape index (κ1) is 30.4. The molecule has 2 amide bonds. The van der Waals surface area contributed by atoms with E-state index in [1.807, 2.05) is 6.92 Å². The standard InChI is InChI=1S/C28H30Cl2FN3O4S/c1-3-16-32-28(36)25(4-2)33(18-20-10-13-22(31)14-11-20)27(35)19-34(26-17-21(29)12-15-24(26)30)39(37,38)23-8-6-5-7-9-23/h5-15,17,25H,3-4,16,18-19H2,1-2H3,(H,32,36)/t25-/m0/s1. The Hall–Kier alpha value is -3.14. The van der Waals surface area contributed by atoms with Crippen LogP contribution in [0.5, 0.6) is 0 Å². The van der Waals surface area contributed by atoms with Gasteiger partial charge in [-0.05, 0) is 60.9 Å². The Balaban J connectivity index is 2.07. The molecule has 3 rings (SSSR count). The van der Waals surface area contributed by atoms with Crippen LogP contribution in [0.3, 0.4) is 0 Å². The van der Waals surface area contributed by atoms with Crippen LogP contribution in [0.4, 0.5) is 10.1 Å². The van der Waals surface area contributed by atoms with Crippen LogP contribution in [0.15, 0.2) is 77.7 Å². The second kappa shape index (κ2) is 13.8. The Kier molecular flexibility index (Phi) is 10.7. The van der Waals surface area contributed by atoms with Crippen LogP contribution in [0.25, 0.3) is 0 Å². The van der Waals surface area contributed by atoms with Crippen LogP contribution in [0, 0.1) is 5.82 Å². The molecule has 0 aliphatic carbocycles. The second-order valence-corrected chi connectivity index (χ2v) is 11.5. The summed E-state index contributed by atoms with van der Waals surface area (Å²) in [5, 5.41) is 3.11. The van der Waals surface area contributed by atoms with Crippen molar-refractivity contribution >= 4 is 50.7 Å². The number of anilines is 1. The smallest absolute Gasteiger partial charge is 0.264 e. The molecule has 0 radical (unpaired) electrons. The van der Waals surface area contributed by atoms with Gasteiger partial charge in [0.05, 0.1) is 15.6 Å². The first-order chi connectivity index (χ1) is 18.6. The molecule has 0 spiro atoms. The van der Waals surface area contributed by atoms with E-state index in [1.54, 1.807) is 25.1 Å². The Morgan fingerprint density at radius 1 is 0.974 bits per heavy atom. The number of rotatable bonds is 12. The third-order valence-electron chi connectivity index (χ3n) is 5.99. The molecule has 3 aromatic rings. The van der Waals surface area contributed by atoms with E-state index < -0.39 is 34.3 Å². The molecule has 0 aliphatic heterocycles. The largest absolute Gasteiger partial charge is 0.354 e. The van der Waals surface area contributed by atoms with Gasteiger partial charge in [0.1, 0.15) is 18.4 Å². The number of carbonyl (C=O) groups is 2. The molecule has 3 aromatic carbocycles. The van der Waals surface area contributed by atoms with E-state index in [2.05, 4.69) is 5.32 Å². The summed E-state index contributed by atoms with van der Waals surface area (Å²) < 4.78 is 42.0. The summed E-state index contributed by atoms with van der Waals surface area (Å²) in [7, 11) is -4.27. The maximum absolute atomic E-state index is 13.9. The van der Waals surface area contributed by atoms with Gasteiger partial charge in [-0.3, -0.25) is 13.9 Å². The van der Waals surface area contributed by atoms with Crippen LogP contribution in [0.1, 0.15) is 32.3 Å². The van der Waals surface area contributed by atoms with Crippen LogP contribution in [-0.2, 0) is 26.2 Å². The average Bonchev–Trinajstić information content (AvgIpc) is 2.93. The zero-order valence-corrected chi connectivity index (χ0v) is 23.9. The first-order valence-electron chi connectivity index (χ1n) is 12.4. The van der Waals surface area contributed by atoms with Gasteiger partial charge in [0.2, 0.25) is 11.8 Å². The van der Waals surface area contributed by atoms with Gasteiger partial charge < -0.3 is 10.2 Å². The van der Waals surface area contributed by atoms with Gasteiger partial charge in [0, 0.05) is 18.1 Å². The Morgan fingerprint density at radius 3 is 2.26 bits per heavy atom. The minimum absolute atomic E-state index is 0.0200. The minimum Gasteiger partial charge on any atom is -0.354 e. The van der Waals surface area contributed by atoms with Crippen LogP contribution in [-0.4, -0.2) is 44.3 Å². The number of carbonyl (C=O) groups excluding carboxylic acids is 2. The van der Waals surface area contributed by atoms with E-state index >= 15 is 0 Å². The zero-order valence-electron chi connectivity index (χ0n) is 21.6. The lowest BCUT2D eigenvalue weighted by Gasteiger charge is -2.33. The minimum atomic E-state index is -4.27. The number of nitrogens with zero attached hydrogens (tertiary/aromatic N) is 2. The molecular formula is C28H30Cl2FN3O4S. The molecular weight excluding hydrogens is 564 g/mol. The van der Waals surface area contributed by atoms with E-state index in [-0.39, 0.29) is 39.5 Å². The number of hydrogen-bond acceptors (Lipinski definition) is 4. The topological polar surface area (TPSA) is 86.8 Å². The summed E-state index contributed by atoms with van der Waals surface area (Å²) in [6.45, 7) is 3.38. The molecule has 0 heterocycles. The lowest BCUT2D eigenvalue weighted by atomic mass is 10.1. The van der Waals surface area contributed by atoms with Gasteiger partial charge in [-0.2, -0.15) is 0 Å². The van der Waals surface area contributed by atoms with Crippen LogP contribution >= 0.6 is 23.2 Å². The van der Waals surface area contributed by atoms with E-state index in [0.29, 0.717) is 18.5 Å². The van der Waals surface area contributed by atoms with E-state index in [9.17, 15) is 22.4 Å². The molecule has 208 valence electrons. The zero-order chi connectivity index (χ0) is 28.6. The van der Waals surface area contributed by atoms with Gasteiger partial charge in [0.25, 0.3) is 10.0 Å². The van der Waals surface area contributed by atoms with Crippen molar-refractivity contribution in [1.29, 1.82) is 0 Å². The molecule has 1 atom stereocenters. The summed E-state index contributed by atoms with van der Waals surface area (Å²) in [6, 6.07) is 16.6. The maximum Gasteiger partial charge on any atom is 0.264 e. The fourth-order valence-corrected chi connectivity index (χ4v) is 5.86. The number of hydrogen-bond donors (Lipinski definition) is 1. The van der Waals surface area contributed by atoms with Gasteiger partial charge in [0.15, 0.2) is 0 Å². The van der Waals surface area contributed by atoms with Crippen molar-refractivity contribution in [3.63, 3.8) is 0 Å². The fourth-order valence-electron chi connectivity index (χ4n) is 3.98. The highest BCUT2D eigenvalue weighted by molar-refractivity contribution is 7.92. The van der Waals surface area contributed by atoms with Gasteiger partial charge >= 0.3 is 0 Å². The second-order valence-electron chi connectivity index (χ2n) is 8.78. The third kappa shape index (κ3) is 7.71. The number of sulfonamides is 1. The molecule has 1 N–H and O–H groups in total. The number of amides is 2. The van der Waals surface area contributed by atoms with Crippen LogP contribution in [0.2, 0.25) is 10.0 Å². The Labute approximate surface area is 238 Å². The van der Waals surface area contributed by atoms with Crippen molar-refractivity contribution in [3.8, 4) is 0 Å². The van der Waals surface area contributed by atoms with Gasteiger partial charge in [-0.25, -0.2) is 12.8 Å². The van der Waals surface area contributed by atoms with Crippen molar-refractivity contribution in [2.24, 2.45) is 0 Å². The van der Waals surface area contributed by atoms with E-state index in [0.717, 1.165) is 4.31 Å². The van der Waals surface area contributed by atoms with Gasteiger partial charge in [-0.1, -0.05) is 67.4 Å². The summed E-state index contributed by atoms with van der Waals surface area (Å²) in [5.41, 5.74) is 0.594. The Bertz CT molecular complexity index is 1390. The van der Waals surface area contributed by atoms with Crippen molar-refractivity contribution in [2.45, 2.75) is 44.2 Å². The maximum atomic E-state index is 13.9. The molecule has 0 saturated carbocycles. The molecule has 0 bridgehead atoms. The van der Waals surface area contributed by atoms with Crippen molar-refractivity contribution in [2.75, 3.05) is 17.4 Å². The fraction of sp³-hybridized carbons (Fsp3) is 0.286. The Morgan fingerprint density at radius 2 is 1.64 bits per heavy atom. The summed E-state index contributed by atoms with van der Waals surface area (Å²) in [5.74, 6) is -1.46. The first-order valence-corrected chi connectivity index (χ1v) is 14.6. The molecule has 0 fully saturated rings. The number of benzene rings is 3. The quantitative estimate of drug-likeness (QED) is 0.293. The monoisotopic (exact) mass is 593 g/mol. The summed E-state index contributed by atoms with van der Waals surface area (Å²) in [4.78, 5) is 28.3. The van der Waals surface area contributed by atoms with Crippen LogP contribution < -0.4 is 9.62 Å². The average molecular weight is 595 g/mol. The lowest BCUT2D eigenvalue weighted by molar-refractivity contribution is -0.140. The SMILES string of the molecule is CCCNC(=O)[C@H](CC)N(Cc1ccc(F)cc1)C(=O)CN(c1cc(Cl)ccc1Cl)S(=O)(=O)c1ccccc1. The molecule has 0 aromatic heterocycles. The van der Waals surface area contributed by atoms with Crippen molar-refractivity contribution < 1.29 is 22.4 Å². The summed E-state index contributed by atoms with van der Waals surface area (Å²) in [6.07, 6.45) is 0.969. The lowest BCUT2D eigenvalue weighted by Crippen LogP contribution is -2.52. The highest BCUT2D eigenvalue weighted by Gasteiger charge is 2.34. The summed E-state index contributed by atoms with van der Waals surface area (Å²) >= 11 is 12.6. The van der Waals surface area contributed by atoms with Crippen molar-refractivity contribution in [1.82, 2.24) is 10.2 Å². The molecule has 0 aliphatic rings. The molecule has 11 heteroatoms. The third-order valence-corrected chi connectivity index (χ3v) is 8.32. The predicted octanol–water partition coefficient (Wildman–Crippen LogP) is 5.66. The predicted molar refractivity (Wildman–Crippen MR) is 152 cm³/mol. The highest BCUT2D eigenvalue weighted by atomic mass is 35.5. The highest BCUT2D eigenvalue weighted by Crippen LogP contribution is 2.33.